The van der Waals surface area contributed by atoms with Crippen molar-refractivity contribution in [3.05, 3.63) is 64.2 Å². The first-order valence-electron chi connectivity index (χ1n) is 8.43. The van der Waals surface area contributed by atoms with E-state index in [9.17, 15) is 0 Å². The molecule has 2 heteroatoms. The van der Waals surface area contributed by atoms with Crippen molar-refractivity contribution in [2.45, 2.75) is 53.8 Å². The van der Waals surface area contributed by atoms with Crippen LogP contribution in [-0.2, 0) is 17.6 Å². The van der Waals surface area contributed by atoms with E-state index in [0.717, 1.165) is 24.2 Å². The van der Waals surface area contributed by atoms with E-state index in [0.29, 0.717) is 6.61 Å². The minimum absolute atomic E-state index is 0.243. The van der Waals surface area contributed by atoms with Crippen LogP contribution < -0.4 is 4.74 Å². The second-order valence-electron chi connectivity index (χ2n) is 6.26. The highest BCUT2D eigenvalue weighted by Crippen LogP contribution is 2.21. The molecular weight excluding hydrogens is 284 g/mol. The Morgan fingerprint density at radius 3 is 2.22 bits per heavy atom. The molecular formula is C21H28O2. The molecule has 0 fully saturated rings. The maximum Gasteiger partial charge on any atom is 0.197 e. The van der Waals surface area contributed by atoms with Crippen LogP contribution in [0, 0.1) is 20.8 Å². The zero-order chi connectivity index (χ0) is 16.8. The van der Waals surface area contributed by atoms with Crippen LogP contribution >= 0.6 is 0 Å². The molecule has 0 bridgehead atoms. The van der Waals surface area contributed by atoms with Crippen LogP contribution in [0.1, 0.15) is 41.7 Å². The molecule has 2 aromatic rings. The first-order valence-corrected chi connectivity index (χ1v) is 8.43. The summed E-state index contributed by atoms with van der Waals surface area (Å²) in [7, 11) is 0. The van der Waals surface area contributed by atoms with Crippen LogP contribution in [0.5, 0.6) is 5.75 Å². The van der Waals surface area contributed by atoms with Crippen LogP contribution in [0.3, 0.4) is 0 Å². The highest BCUT2D eigenvalue weighted by molar-refractivity contribution is 5.36. The Morgan fingerprint density at radius 2 is 1.61 bits per heavy atom. The lowest BCUT2D eigenvalue weighted by molar-refractivity contribution is -0.0657. The van der Waals surface area contributed by atoms with Crippen LogP contribution in [0.15, 0.2) is 36.4 Å². The van der Waals surface area contributed by atoms with Gasteiger partial charge in [0, 0.05) is 0 Å². The molecule has 0 saturated heterocycles. The van der Waals surface area contributed by atoms with Gasteiger partial charge in [0.05, 0.1) is 6.61 Å². The fourth-order valence-corrected chi connectivity index (χ4v) is 2.83. The van der Waals surface area contributed by atoms with Gasteiger partial charge in [-0.1, -0.05) is 48.4 Å². The summed E-state index contributed by atoms with van der Waals surface area (Å²) in [5, 5.41) is 0. The molecule has 0 aromatic heterocycles. The molecule has 23 heavy (non-hydrogen) atoms. The van der Waals surface area contributed by atoms with E-state index >= 15 is 0 Å². The number of ether oxygens (including phenoxy) is 2. The van der Waals surface area contributed by atoms with Crippen molar-refractivity contribution in [3.8, 4) is 5.75 Å². The van der Waals surface area contributed by atoms with E-state index in [1.807, 2.05) is 13.0 Å². The normalized spacial score (nSPS) is 12.2. The average molecular weight is 312 g/mol. The maximum atomic E-state index is 5.91. The molecule has 0 aliphatic heterocycles. The summed E-state index contributed by atoms with van der Waals surface area (Å²) in [6, 6.07) is 13.0. The quantitative estimate of drug-likeness (QED) is 0.658. The molecule has 1 atom stereocenters. The monoisotopic (exact) mass is 312 g/mol. The maximum absolute atomic E-state index is 5.91. The molecule has 0 amide bonds. The second kappa shape index (κ2) is 8.16. The lowest BCUT2D eigenvalue weighted by atomic mass is 10.1. The zero-order valence-electron chi connectivity index (χ0n) is 15.0. The van der Waals surface area contributed by atoms with Crippen LogP contribution in [0.2, 0.25) is 0 Å². The highest BCUT2D eigenvalue weighted by Gasteiger charge is 2.07. The van der Waals surface area contributed by atoms with Gasteiger partial charge in [-0.2, -0.15) is 0 Å². The number of hydrogen-bond acceptors (Lipinski definition) is 2. The van der Waals surface area contributed by atoms with E-state index in [-0.39, 0.29) is 6.29 Å². The summed E-state index contributed by atoms with van der Waals surface area (Å²) in [5.74, 6) is 0.904. The van der Waals surface area contributed by atoms with Crippen molar-refractivity contribution < 1.29 is 9.47 Å². The average Bonchev–Trinajstić information content (AvgIpc) is 2.48. The van der Waals surface area contributed by atoms with Gasteiger partial charge in [-0.3, -0.25) is 0 Å². The van der Waals surface area contributed by atoms with Gasteiger partial charge in [-0.05, 0) is 63.3 Å². The van der Waals surface area contributed by atoms with E-state index in [1.54, 1.807) is 0 Å². The molecule has 2 rings (SSSR count). The summed E-state index contributed by atoms with van der Waals surface area (Å²) < 4.78 is 11.7. The molecule has 2 nitrogen and oxygen atoms in total. The Kier molecular flexibility index (Phi) is 6.23. The molecule has 0 spiro atoms. The number of benzene rings is 2. The van der Waals surface area contributed by atoms with Crippen LogP contribution in [0.25, 0.3) is 0 Å². The summed E-state index contributed by atoms with van der Waals surface area (Å²) in [4.78, 5) is 0. The lowest BCUT2D eigenvalue weighted by Gasteiger charge is -2.17. The molecule has 1 unspecified atom stereocenters. The van der Waals surface area contributed by atoms with Gasteiger partial charge in [0.15, 0.2) is 6.29 Å². The minimum Gasteiger partial charge on any atom is -0.465 e. The zero-order valence-corrected chi connectivity index (χ0v) is 15.0. The number of aryl methyl sites for hydroxylation is 4. The molecule has 0 radical (unpaired) electrons. The molecule has 2 aromatic carbocycles. The van der Waals surface area contributed by atoms with Crippen molar-refractivity contribution in [3.63, 3.8) is 0 Å². The van der Waals surface area contributed by atoms with Crippen LogP contribution in [0.4, 0.5) is 0 Å². The molecule has 0 aliphatic carbocycles. The van der Waals surface area contributed by atoms with E-state index < -0.39 is 0 Å². The first-order chi connectivity index (χ1) is 11.0. The Balaban J connectivity index is 1.84. The van der Waals surface area contributed by atoms with Crippen LogP contribution in [-0.4, -0.2) is 12.9 Å². The van der Waals surface area contributed by atoms with Crippen molar-refractivity contribution in [1.82, 2.24) is 0 Å². The summed E-state index contributed by atoms with van der Waals surface area (Å²) in [5.41, 5.74) is 6.41. The third-order valence-electron chi connectivity index (χ3n) is 3.97. The minimum atomic E-state index is -0.243. The Morgan fingerprint density at radius 1 is 0.913 bits per heavy atom. The Hall–Kier alpha value is -1.80. The summed E-state index contributed by atoms with van der Waals surface area (Å²) in [6.07, 6.45) is 1.71. The molecule has 0 N–H and O–H groups in total. The Labute approximate surface area is 140 Å². The third-order valence-corrected chi connectivity index (χ3v) is 3.97. The van der Waals surface area contributed by atoms with Gasteiger partial charge in [0.2, 0.25) is 0 Å². The fourth-order valence-electron chi connectivity index (χ4n) is 2.83. The fraction of sp³-hybridized carbons (Fsp3) is 0.429. The number of rotatable bonds is 7. The SMILES string of the molecule is CCc1ccc(OC(C)OCCc2cc(C)cc(C)c2)c(C)c1. The largest absolute Gasteiger partial charge is 0.465 e. The van der Waals surface area contributed by atoms with Gasteiger partial charge in [-0.15, -0.1) is 0 Å². The smallest absolute Gasteiger partial charge is 0.197 e. The van der Waals surface area contributed by atoms with E-state index in [2.05, 4.69) is 58.0 Å². The van der Waals surface area contributed by atoms with E-state index in [1.165, 1.54) is 22.3 Å². The molecule has 0 heterocycles. The third kappa shape index (κ3) is 5.40. The van der Waals surface area contributed by atoms with Gasteiger partial charge >= 0.3 is 0 Å². The Bertz CT molecular complexity index is 626. The number of hydrogen-bond donors (Lipinski definition) is 0. The molecule has 0 saturated carbocycles. The molecule has 0 aliphatic rings. The van der Waals surface area contributed by atoms with E-state index in [4.69, 9.17) is 9.47 Å². The summed E-state index contributed by atoms with van der Waals surface area (Å²) in [6.45, 7) is 11.1. The predicted octanol–water partition coefficient (Wildman–Crippen LogP) is 5.16. The highest BCUT2D eigenvalue weighted by atomic mass is 16.7. The van der Waals surface area contributed by atoms with Crippen molar-refractivity contribution in [2.24, 2.45) is 0 Å². The topological polar surface area (TPSA) is 18.5 Å². The predicted molar refractivity (Wildman–Crippen MR) is 96.2 cm³/mol. The van der Waals surface area contributed by atoms with Gasteiger partial charge in [0.1, 0.15) is 5.75 Å². The van der Waals surface area contributed by atoms with Crippen molar-refractivity contribution >= 4 is 0 Å². The van der Waals surface area contributed by atoms with Gasteiger partial charge < -0.3 is 9.47 Å². The van der Waals surface area contributed by atoms with Crippen molar-refractivity contribution in [1.29, 1.82) is 0 Å². The lowest BCUT2D eigenvalue weighted by Crippen LogP contribution is -2.18. The van der Waals surface area contributed by atoms with Crippen molar-refractivity contribution in [2.75, 3.05) is 6.61 Å². The summed E-state index contributed by atoms with van der Waals surface area (Å²) >= 11 is 0. The first kappa shape index (κ1) is 17.6. The standard InChI is InChI=1S/C21H28O2/c1-6-19-7-8-21(17(4)14-19)23-18(5)22-10-9-20-12-15(2)11-16(3)13-20/h7-8,11-14,18H,6,9-10H2,1-5H3. The molecule has 124 valence electrons. The second-order valence-corrected chi connectivity index (χ2v) is 6.26. The van der Waals surface area contributed by atoms with Gasteiger partial charge in [0.25, 0.3) is 0 Å². The van der Waals surface area contributed by atoms with Gasteiger partial charge in [-0.25, -0.2) is 0 Å².